The van der Waals surface area contributed by atoms with E-state index in [9.17, 15) is 4.79 Å². The number of amides is 1. The number of piperazine rings is 1. The van der Waals surface area contributed by atoms with E-state index in [0.29, 0.717) is 0 Å². The van der Waals surface area contributed by atoms with E-state index in [1.165, 1.54) is 5.56 Å². The fourth-order valence-corrected chi connectivity index (χ4v) is 3.48. The van der Waals surface area contributed by atoms with Gasteiger partial charge in [0.25, 0.3) is 5.91 Å². The average molecular weight is 397 g/mol. The Balaban J connectivity index is 0.00000225. The van der Waals surface area contributed by atoms with Crippen LogP contribution in [0.4, 0.5) is 0 Å². The fraction of sp³-hybridized carbons (Fsp3) is 0.273. The smallest absolute Gasteiger partial charge is 0.254 e. The van der Waals surface area contributed by atoms with E-state index in [2.05, 4.69) is 29.5 Å². The van der Waals surface area contributed by atoms with Crippen molar-refractivity contribution in [2.24, 2.45) is 0 Å². The van der Waals surface area contributed by atoms with E-state index in [4.69, 9.17) is 0 Å². The molecule has 6 heteroatoms. The van der Waals surface area contributed by atoms with Gasteiger partial charge in [0.1, 0.15) is 0 Å². The van der Waals surface area contributed by atoms with Crippen molar-refractivity contribution < 1.29 is 4.79 Å². The average Bonchev–Trinajstić information content (AvgIpc) is 3.17. The first-order valence-electron chi connectivity index (χ1n) is 9.39. The minimum absolute atomic E-state index is 0. The summed E-state index contributed by atoms with van der Waals surface area (Å²) in [7, 11) is 0. The van der Waals surface area contributed by atoms with Gasteiger partial charge in [0.15, 0.2) is 0 Å². The van der Waals surface area contributed by atoms with Crippen molar-refractivity contribution in [1.29, 1.82) is 0 Å². The van der Waals surface area contributed by atoms with Crippen molar-refractivity contribution in [3.05, 3.63) is 78.1 Å². The quantitative estimate of drug-likeness (QED) is 0.734. The Kier molecular flexibility index (Phi) is 6.49. The minimum atomic E-state index is 0. The summed E-state index contributed by atoms with van der Waals surface area (Å²) in [5.74, 6) is 0.107. The summed E-state index contributed by atoms with van der Waals surface area (Å²) in [6.07, 6.45) is 3.92. The molecule has 5 nitrogen and oxygen atoms in total. The van der Waals surface area contributed by atoms with Gasteiger partial charge < -0.3 is 10.2 Å². The van der Waals surface area contributed by atoms with Gasteiger partial charge in [0.2, 0.25) is 0 Å². The van der Waals surface area contributed by atoms with Gasteiger partial charge in [-0.15, -0.1) is 12.4 Å². The lowest BCUT2D eigenvalue weighted by Crippen LogP contribution is -2.52. The molecule has 2 heterocycles. The molecule has 146 valence electrons. The molecule has 1 aromatic heterocycles. The van der Waals surface area contributed by atoms with Crippen LogP contribution in [0.1, 0.15) is 22.8 Å². The molecular formula is C22H25ClN4O. The Labute approximate surface area is 171 Å². The maximum Gasteiger partial charge on any atom is 0.254 e. The molecule has 1 aliphatic rings. The second kappa shape index (κ2) is 9.04. The Morgan fingerprint density at radius 3 is 2.57 bits per heavy atom. The molecule has 1 aliphatic heterocycles. The standard InChI is InChI=1S/C22H24N4O.ClH/c1-17-13-23-11-12-26(17)22(27)20-9-7-19(8-10-20)21-14-24-25(16-21)15-18-5-3-2-4-6-18;/h2-10,14,16-17,23H,11-13,15H2,1H3;1H. The number of benzene rings is 2. The first-order chi connectivity index (χ1) is 13.2. The summed E-state index contributed by atoms with van der Waals surface area (Å²) in [4.78, 5) is 14.7. The summed E-state index contributed by atoms with van der Waals surface area (Å²) in [6, 6.07) is 18.3. The number of carbonyl (C=O) groups excluding carboxylic acids is 1. The van der Waals surface area contributed by atoms with Crippen molar-refractivity contribution in [1.82, 2.24) is 20.0 Å². The number of rotatable bonds is 4. The SMILES string of the molecule is CC1CNCCN1C(=O)c1ccc(-c2cnn(Cc3ccccc3)c2)cc1.Cl. The number of hydrogen-bond acceptors (Lipinski definition) is 3. The largest absolute Gasteiger partial charge is 0.333 e. The van der Waals surface area contributed by atoms with E-state index in [1.807, 2.05) is 64.4 Å². The van der Waals surface area contributed by atoms with Crippen LogP contribution in [0.25, 0.3) is 11.1 Å². The Hall–Kier alpha value is -2.63. The predicted molar refractivity (Wildman–Crippen MR) is 114 cm³/mol. The maximum atomic E-state index is 12.7. The van der Waals surface area contributed by atoms with Gasteiger partial charge >= 0.3 is 0 Å². The van der Waals surface area contributed by atoms with E-state index < -0.39 is 0 Å². The van der Waals surface area contributed by atoms with Crippen LogP contribution in [0, 0.1) is 0 Å². The van der Waals surface area contributed by atoms with E-state index in [-0.39, 0.29) is 24.4 Å². The first kappa shape index (κ1) is 20.1. The molecule has 4 rings (SSSR count). The lowest BCUT2D eigenvalue weighted by Gasteiger charge is -2.34. The summed E-state index contributed by atoms with van der Waals surface area (Å²) in [6.45, 7) is 5.30. The minimum Gasteiger partial charge on any atom is -0.333 e. The van der Waals surface area contributed by atoms with E-state index in [0.717, 1.165) is 42.9 Å². The van der Waals surface area contributed by atoms with Gasteiger partial charge in [0, 0.05) is 43.0 Å². The van der Waals surface area contributed by atoms with Gasteiger partial charge in [-0.3, -0.25) is 9.48 Å². The molecule has 0 saturated carbocycles. The second-order valence-corrected chi connectivity index (χ2v) is 7.04. The summed E-state index contributed by atoms with van der Waals surface area (Å²) in [5, 5.41) is 7.78. The van der Waals surface area contributed by atoms with Crippen LogP contribution in [0.3, 0.4) is 0 Å². The zero-order valence-corrected chi connectivity index (χ0v) is 16.7. The first-order valence-corrected chi connectivity index (χ1v) is 9.39. The van der Waals surface area contributed by atoms with Gasteiger partial charge in [-0.2, -0.15) is 5.10 Å². The number of halogens is 1. The molecule has 1 amide bonds. The van der Waals surface area contributed by atoms with Crippen LogP contribution in [-0.2, 0) is 6.54 Å². The fourth-order valence-electron chi connectivity index (χ4n) is 3.48. The van der Waals surface area contributed by atoms with Crippen LogP contribution >= 0.6 is 12.4 Å². The van der Waals surface area contributed by atoms with E-state index in [1.54, 1.807) is 0 Å². The third kappa shape index (κ3) is 4.43. The molecule has 28 heavy (non-hydrogen) atoms. The van der Waals surface area contributed by atoms with Crippen LogP contribution in [0.2, 0.25) is 0 Å². The summed E-state index contributed by atoms with van der Waals surface area (Å²) in [5.41, 5.74) is 4.09. The van der Waals surface area contributed by atoms with Gasteiger partial charge in [-0.25, -0.2) is 0 Å². The zero-order chi connectivity index (χ0) is 18.6. The third-order valence-electron chi connectivity index (χ3n) is 5.05. The highest BCUT2D eigenvalue weighted by atomic mass is 35.5. The molecule has 0 spiro atoms. The van der Waals surface area contributed by atoms with Gasteiger partial charge in [-0.05, 0) is 30.2 Å². The molecule has 0 aliphatic carbocycles. The zero-order valence-electron chi connectivity index (χ0n) is 15.9. The van der Waals surface area contributed by atoms with E-state index >= 15 is 0 Å². The number of nitrogens with one attached hydrogen (secondary N) is 1. The number of aromatic nitrogens is 2. The highest BCUT2D eigenvalue weighted by molar-refractivity contribution is 5.95. The number of carbonyl (C=O) groups is 1. The topological polar surface area (TPSA) is 50.2 Å². The molecule has 1 saturated heterocycles. The third-order valence-corrected chi connectivity index (χ3v) is 5.05. The molecule has 1 unspecified atom stereocenters. The van der Waals surface area contributed by atoms with Crippen LogP contribution in [-0.4, -0.2) is 46.3 Å². The Bertz CT molecular complexity index is 908. The highest BCUT2D eigenvalue weighted by Crippen LogP contribution is 2.21. The molecule has 1 atom stereocenters. The van der Waals surface area contributed by atoms with Gasteiger partial charge in [-0.1, -0.05) is 42.5 Å². The van der Waals surface area contributed by atoms with Crippen molar-refractivity contribution in [3.8, 4) is 11.1 Å². The van der Waals surface area contributed by atoms with Crippen molar-refractivity contribution in [2.45, 2.75) is 19.5 Å². The van der Waals surface area contributed by atoms with Crippen LogP contribution < -0.4 is 5.32 Å². The van der Waals surface area contributed by atoms with Crippen molar-refractivity contribution in [3.63, 3.8) is 0 Å². The van der Waals surface area contributed by atoms with Crippen LogP contribution in [0.5, 0.6) is 0 Å². The highest BCUT2D eigenvalue weighted by Gasteiger charge is 2.23. The summed E-state index contributed by atoms with van der Waals surface area (Å²) >= 11 is 0. The normalized spacial score (nSPS) is 16.5. The van der Waals surface area contributed by atoms with Crippen molar-refractivity contribution in [2.75, 3.05) is 19.6 Å². The lowest BCUT2D eigenvalue weighted by atomic mass is 10.1. The van der Waals surface area contributed by atoms with Gasteiger partial charge in [0.05, 0.1) is 12.7 Å². The predicted octanol–water partition coefficient (Wildman–Crippen LogP) is 3.45. The monoisotopic (exact) mass is 396 g/mol. The molecule has 1 fully saturated rings. The molecule has 3 aromatic rings. The molecule has 1 N–H and O–H groups in total. The lowest BCUT2D eigenvalue weighted by molar-refractivity contribution is 0.0656. The molecule has 0 radical (unpaired) electrons. The van der Waals surface area contributed by atoms with Crippen molar-refractivity contribution >= 4 is 18.3 Å². The second-order valence-electron chi connectivity index (χ2n) is 7.04. The number of nitrogens with zero attached hydrogens (tertiary/aromatic N) is 3. The maximum absolute atomic E-state index is 12.7. The Morgan fingerprint density at radius 2 is 1.86 bits per heavy atom. The molecule has 0 bridgehead atoms. The summed E-state index contributed by atoms with van der Waals surface area (Å²) < 4.78 is 1.94. The van der Waals surface area contributed by atoms with Crippen LogP contribution in [0.15, 0.2) is 67.0 Å². The number of hydrogen-bond donors (Lipinski definition) is 1. The molecule has 2 aromatic carbocycles. The Morgan fingerprint density at radius 1 is 1.11 bits per heavy atom. The molecular weight excluding hydrogens is 372 g/mol.